The van der Waals surface area contributed by atoms with Crippen molar-refractivity contribution in [2.24, 2.45) is 5.73 Å². The lowest BCUT2D eigenvalue weighted by atomic mass is 10.2. The van der Waals surface area contributed by atoms with Gasteiger partial charge in [-0.15, -0.1) is 12.4 Å². The molecule has 0 spiro atoms. The van der Waals surface area contributed by atoms with Crippen LogP contribution in [0.5, 0.6) is 0 Å². The SMILES string of the molecule is C[C@@H](N)C(=O)N(C)Cc1c(F)cccc1Cl.Cl. The van der Waals surface area contributed by atoms with Crippen molar-refractivity contribution in [3.63, 3.8) is 0 Å². The van der Waals surface area contributed by atoms with Gasteiger partial charge in [0.1, 0.15) is 5.82 Å². The van der Waals surface area contributed by atoms with E-state index in [1.165, 1.54) is 17.0 Å². The van der Waals surface area contributed by atoms with E-state index in [4.69, 9.17) is 17.3 Å². The monoisotopic (exact) mass is 280 g/mol. The largest absolute Gasteiger partial charge is 0.340 e. The molecule has 0 bridgehead atoms. The number of hydrogen-bond acceptors (Lipinski definition) is 2. The van der Waals surface area contributed by atoms with Crippen molar-refractivity contribution in [1.82, 2.24) is 4.90 Å². The maximum Gasteiger partial charge on any atom is 0.239 e. The van der Waals surface area contributed by atoms with Gasteiger partial charge in [-0.05, 0) is 19.1 Å². The number of carbonyl (C=O) groups excluding carboxylic acids is 1. The van der Waals surface area contributed by atoms with Gasteiger partial charge in [-0.2, -0.15) is 0 Å². The highest BCUT2D eigenvalue weighted by molar-refractivity contribution is 6.31. The molecule has 1 aromatic rings. The van der Waals surface area contributed by atoms with Crippen molar-refractivity contribution in [2.45, 2.75) is 19.5 Å². The molecule has 1 atom stereocenters. The Labute approximate surface area is 111 Å². The summed E-state index contributed by atoms with van der Waals surface area (Å²) in [5, 5.41) is 0.310. The van der Waals surface area contributed by atoms with Crippen LogP contribution >= 0.6 is 24.0 Å². The second-order valence-corrected chi connectivity index (χ2v) is 4.09. The van der Waals surface area contributed by atoms with Crippen molar-refractivity contribution < 1.29 is 9.18 Å². The molecule has 0 aliphatic heterocycles. The average Bonchev–Trinajstić information content (AvgIpc) is 2.22. The fourth-order valence-corrected chi connectivity index (χ4v) is 1.57. The number of carbonyl (C=O) groups is 1. The van der Waals surface area contributed by atoms with Crippen LogP contribution in [0.25, 0.3) is 0 Å². The fraction of sp³-hybridized carbons (Fsp3) is 0.364. The number of halogens is 3. The first-order valence-electron chi connectivity index (χ1n) is 4.87. The first-order chi connectivity index (χ1) is 7.43. The highest BCUT2D eigenvalue weighted by Crippen LogP contribution is 2.20. The van der Waals surface area contributed by atoms with Crippen LogP contribution in [0.2, 0.25) is 5.02 Å². The molecule has 0 radical (unpaired) electrons. The van der Waals surface area contributed by atoms with E-state index in [1.807, 2.05) is 0 Å². The fourth-order valence-electron chi connectivity index (χ4n) is 1.35. The summed E-state index contributed by atoms with van der Waals surface area (Å²) in [6.07, 6.45) is 0. The summed E-state index contributed by atoms with van der Waals surface area (Å²) in [4.78, 5) is 12.9. The molecule has 1 rings (SSSR count). The number of likely N-dealkylation sites (N-methyl/N-ethyl adjacent to an activating group) is 1. The molecule has 1 aromatic carbocycles. The Kier molecular flexibility index (Phi) is 6.45. The van der Waals surface area contributed by atoms with Crippen LogP contribution in [0.3, 0.4) is 0 Å². The molecule has 6 heteroatoms. The summed E-state index contributed by atoms with van der Waals surface area (Å²) in [5.41, 5.74) is 5.75. The molecule has 0 aromatic heterocycles. The number of hydrogen-bond donors (Lipinski definition) is 1. The van der Waals surface area contributed by atoms with Gasteiger partial charge in [-0.25, -0.2) is 4.39 Å². The van der Waals surface area contributed by atoms with Crippen LogP contribution in [0.4, 0.5) is 4.39 Å². The Bertz CT molecular complexity index is 379. The second kappa shape index (κ2) is 6.79. The lowest BCUT2D eigenvalue weighted by molar-refractivity contribution is -0.131. The lowest BCUT2D eigenvalue weighted by Crippen LogP contribution is -2.39. The first kappa shape index (κ1) is 16.2. The van der Waals surface area contributed by atoms with Gasteiger partial charge in [0, 0.05) is 24.2 Å². The zero-order valence-electron chi connectivity index (χ0n) is 9.61. The van der Waals surface area contributed by atoms with Gasteiger partial charge in [0.15, 0.2) is 0 Å². The summed E-state index contributed by atoms with van der Waals surface area (Å²) in [6, 6.07) is 3.82. The van der Waals surface area contributed by atoms with E-state index >= 15 is 0 Å². The van der Waals surface area contributed by atoms with Crippen LogP contribution in [0, 0.1) is 5.82 Å². The molecule has 2 N–H and O–H groups in total. The predicted octanol–water partition coefficient (Wildman–Crippen LogP) is 2.21. The Morgan fingerprint density at radius 2 is 2.18 bits per heavy atom. The summed E-state index contributed by atoms with van der Waals surface area (Å²) in [6.45, 7) is 1.70. The van der Waals surface area contributed by atoms with Gasteiger partial charge < -0.3 is 10.6 Å². The molecule has 0 aliphatic carbocycles. The minimum Gasteiger partial charge on any atom is -0.340 e. The molecule has 0 saturated carbocycles. The first-order valence-corrected chi connectivity index (χ1v) is 5.24. The van der Waals surface area contributed by atoms with Gasteiger partial charge in [0.2, 0.25) is 5.91 Å². The van der Waals surface area contributed by atoms with Crippen molar-refractivity contribution in [3.8, 4) is 0 Å². The smallest absolute Gasteiger partial charge is 0.239 e. The standard InChI is InChI=1S/C11H14ClFN2O.ClH/c1-7(14)11(16)15(2)6-8-9(12)4-3-5-10(8)13;/h3-5,7H,6,14H2,1-2H3;1H/t7-;/m1./s1. The summed E-state index contributed by atoms with van der Waals surface area (Å²) in [5.74, 6) is -0.670. The highest BCUT2D eigenvalue weighted by atomic mass is 35.5. The van der Waals surface area contributed by atoms with Crippen molar-refractivity contribution in [1.29, 1.82) is 0 Å². The van der Waals surface area contributed by atoms with Gasteiger partial charge in [0.25, 0.3) is 0 Å². The quantitative estimate of drug-likeness (QED) is 0.923. The third-order valence-electron chi connectivity index (χ3n) is 2.22. The normalized spacial score (nSPS) is 11.6. The number of nitrogens with two attached hydrogens (primary N) is 1. The molecular formula is C11H15Cl2FN2O. The Morgan fingerprint density at radius 1 is 1.59 bits per heavy atom. The topological polar surface area (TPSA) is 46.3 Å². The molecule has 0 heterocycles. The number of rotatable bonds is 3. The minimum absolute atomic E-state index is 0. The van der Waals surface area contributed by atoms with Gasteiger partial charge >= 0.3 is 0 Å². The van der Waals surface area contributed by atoms with Crippen LogP contribution in [-0.2, 0) is 11.3 Å². The number of benzene rings is 1. The van der Waals surface area contributed by atoms with Crippen LogP contribution in [0.15, 0.2) is 18.2 Å². The second-order valence-electron chi connectivity index (χ2n) is 3.68. The van der Waals surface area contributed by atoms with Crippen LogP contribution in [-0.4, -0.2) is 23.9 Å². The molecule has 1 amide bonds. The molecule has 0 saturated heterocycles. The molecule has 0 aliphatic rings. The third-order valence-corrected chi connectivity index (χ3v) is 2.58. The lowest BCUT2D eigenvalue weighted by Gasteiger charge is -2.20. The van der Waals surface area contributed by atoms with E-state index in [0.717, 1.165) is 0 Å². The predicted molar refractivity (Wildman–Crippen MR) is 68.8 cm³/mol. The number of amides is 1. The Morgan fingerprint density at radius 3 is 2.65 bits per heavy atom. The summed E-state index contributed by atoms with van der Waals surface area (Å²) < 4.78 is 13.4. The Hall–Kier alpha value is -0.840. The Balaban J connectivity index is 0.00000256. The van der Waals surface area contributed by atoms with Crippen LogP contribution in [0.1, 0.15) is 12.5 Å². The third kappa shape index (κ3) is 4.15. The van der Waals surface area contributed by atoms with Gasteiger partial charge in [-0.3, -0.25) is 4.79 Å². The molecule has 0 fully saturated rings. The van der Waals surface area contributed by atoms with E-state index in [9.17, 15) is 9.18 Å². The molecule has 0 unspecified atom stereocenters. The number of nitrogens with zero attached hydrogens (tertiary/aromatic N) is 1. The van der Waals surface area contributed by atoms with E-state index < -0.39 is 11.9 Å². The summed E-state index contributed by atoms with van der Waals surface area (Å²) in [7, 11) is 1.56. The maximum absolute atomic E-state index is 13.4. The minimum atomic E-state index is -0.601. The maximum atomic E-state index is 13.4. The van der Waals surface area contributed by atoms with E-state index in [2.05, 4.69) is 0 Å². The molecule has 96 valence electrons. The zero-order chi connectivity index (χ0) is 12.3. The zero-order valence-corrected chi connectivity index (χ0v) is 11.2. The van der Waals surface area contributed by atoms with Gasteiger partial charge in [-0.1, -0.05) is 17.7 Å². The molecule has 3 nitrogen and oxygen atoms in total. The van der Waals surface area contributed by atoms with E-state index in [0.29, 0.717) is 10.6 Å². The van der Waals surface area contributed by atoms with Crippen molar-refractivity contribution in [3.05, 3.63) is 34.6 Å². The average molecular weight is 281 g/mol. The van der Waals surface area contributed by atoms with Crippen molar-refractivity contribution >= 4 is 29.9 Å². The summed E-state index contributed by atoms with van der Waals surface area (Å²) >= 11 is 5.85. The highest BCUT2D eigenvalue weighted by Gasteiger charge is 2.16. The van der Waals surface area contributed by atoms with E-state index in [-0.39, 0.29) is 24.9 Å². The van der Waals surface area contributed by atoms with Gasteiger partial charge in [0.05, 0.1) is 6.04 Å². The van der Waals surface area contributed by atoms with Crippen molar-refractivity contribution in [2.75, 3.05) is 7.05 Å². The molecule has 17 heavy (non-hydrogen) atoms. The van der Waals surface area contributed by atoms with E-state index in [1.54, 1.807) is 20.0 Å². The van der Waals surface area contributed by atoms with Crippen LogP contribution < -0.4 is 5.73 Å². The molecular weight excluding hydrogens is 266 g/mol.